The van der Waals surface area contributed by atoms with Crippen LogP contribution in [0.4, 0.5) is 0 Å². The van der Waals surface area contributed by atoms with E-state index in [9.17, 15) is 0 Å². The Morgan fingerprint density at radius 2 is 1.54 bits per heavy atom. The summed E-state index contributed by atoms with van der Waals surface area (Å²) in [6.45, 7) is 12.8. The van der Waals surface area contributed by atoms with Crippen molar-refractivity contribution in [3.05, 3.63) is 42.3 Å². The van der Waals surface area contributed by atoms with Gasteiger partial charge < -0.3 is 0 Å². The summed E-state index contributed by atoms with van der Waals surface area (Å²) in [6.07, 6.45) is 0. The van der Waals surface area contributed by atoms with Gasteiger partial charge in [0.2, 0.25) is 0 Å². The Bertz CT molecular complexity index is 259. The van der Waals surface area contributed by atoms with Gasteiger partial charge in [-0.1, -0.05) is 52.0 Å². The van der Waals surface area contributed by atoms with Crippen molar-refractivity contribution in [2.45, 2.75) is 39.0 Å². The average molecular weight is 175 g/mol. The smallest absolute Gasteiger partial charge is 0.0132 e. The van der Waals surface area contributed by atoms with E-state index in [0.29, 0.717) is 5.92 Å². The number of hydrogen-bond donors (Lipinski definition) is 0. The molecule has 1 unspecified atom stereocenters. The summed E-state index contributed by atoms with van der Waals surface area (Å²) in [5.41, 5.74) is 2.95. The van der Waals surface area contributed by atoms with Crippen LogP contribution in [0.5, 0.6) is 0 Å². The Labute approximate surface area is 82.0 Å². The maximum Gasteiger partial charge on any atom is -0.0132 e. The van der Waals surface area contributed by atoms with Crippen LogP contribution in [-0.2, 0) is 5.41 Å². The van der Waals surface area contributed by atoms with E-state index in [0.717, 1.165) is 0 Å². The molecule has 1 atom stereocenters. The van der Waals surface area contributed by atoms with Gasteiger partial charge in [0, 0.05) is 0 Å². The van der Waals surface area contributed by atoms with E-state index in [1.54, 1.807) is 0 Å². The Balaban J connectivity index is 2.94. The first-order valence-electron chi connectivity index (χ1n) is 4.85. The lowest BCUT2D eigenvalue weighted by atomic mass is 9.86. The van der Waals surface area contributed by atoms with E-state index < -0.39 is 0 Å². The van der Waals surface area contributed by atoms with Crippen LogP contribution in [0.3, 0.4) is 0 Å². The summed E-state index contributed by atoms with van der Waals surface area (Å²) >= 11 is 0. The lowest BCUT2D eigenvalue weighted by molar-refractivity contribution is 0.590. The first kappa shape index (κ1) is 10.3. The fraction of sp³-hybridized carbons (Fsp3) is 0.462. The number of benzene rings is 1. The van der Waals surface area contributed by atoms with Crippen molar-refractivity contribution in [3.63, 3.8) is 0 Å². The molecule has 0 nitrogen and oxygen atoms in total. The minimum Gasteiger partial charge on any atom is -0.0585 e. The molecule has 0 aromatic heterocycles. The van der Waals surface area contributed by atoms with Crippen LogP contribution < -0.4 is 0 Å². The summed E-state index contributed by atoms with van der Waals surface area (Å²) in [7, 11) is 0. The van der Waals surface area contributed by atoms with Gasteiger partial charge in [-0.25, -0.2) is 0 Å². The highest BCUT2D eigenvalue weighted by Gasteiger charge is 2.12. The van der Waals surface area contributed by atoms with Crippen LogP contribution in [0.2, 0.25) is 0 Å². The molecule has 0 bridgehead atoms. The van der Waals surface area contributed by atoms with Crippen LogP contribution in [0.1, 0.15) is 44.7 Å². The minimum absolute atomic E-state index is 0.253. The van der Waals surface area contributed by atoms with Crippen molar-refractivity contribution in [3.8, 4) is 0 Å². The van der Waals surface area contributed by atoms with Gasteiger partial charge in [0.25, 0.3) is 0 Å². The monoisotopic (exact) mass is 175 g/mol. The lowest BCUT2D eigenvalue weighted by Crippen LogP contribution is -2.10. The predicted molar refractivity (Wildman–Crippen MR) is 58.9 cm³/mol. The zero-order valence-corrected chi connectivity index (χ0v) is 9.09. The van der Waals surface area contributed by atoms with Crippen molar-refractivity contribution in [2.75, 3.05) is 0 Å². The third kappa shape index (κ3) is 2.58. The summed E-state index contributed by atoms with van der Waals surface area (Å²) in [6, 6.07) is 8.77. The highest BCUT2D eigenvalue weighted by molar-refractivity contribution is 5.29. The molecule has 1 aromatic carbocycles. The maximum absolute atomic E-state index is 4.00. The second-order valence-electron chi connectivity index (χ2n) is 4.77. The third-order valence-electron chi connectivity index (χ3n) is 2.35. The molecule has 0 saturated carbocycles. The lowest BCUT2D eigenvalue weighted by Gasteiger charge is -2.19. The van der Waals surface area contributed by atoms with Crippen LogP contribution in [0.25, 0.3) is 0 Å². The zero-order chi connectivity index (χ0) is 10.1. The van der Waals surface area contributed by atoms with Crippen molar-refractivity contribution in [1.29, 1.82) is 0 Å². The van der Waals surface area contributed by atoms with E-state index in [4.69, 9.17) is 0 Å². The summed E-state index contributed by atoms with van der Waals surface area (Å²) in [5.74, 6) is 0.383. The number of hydrogen-bond acceptors (Lipinski definition) is 0. The molecule has 0 spiro atoms. The molecule has 0 saturated heterocycles. The van der Waals surface area contributed by atoms with Crippen molar-refractivity contribution in [2.24, 2.45) is 0 Å². The molecular weight excluding hydrogens is 156 g/mol. The van der Waals surface area contributed by atoms with Crippen LogP contribution in [0, 0.1) is 6.92 Å². The average Bonchev–Trinajstić information content (AvgIpc) is 2.03. The van der Waals surface area contributed by atoms with Gasteiger partial charge >= 0.3 is 0 Å². The van der Waals surface area contributed by atoms with Gasteiger partial charge in [0.1, 0.15) is 0 Å². The molecule has 13 heavy (non-hydrogen) atoms. The maximum atomic E-state index is 4.00. The van der Waals surface area contributed by atoms with E-state index >= 15 is 0 Å². The topological polar surface area (TPSA) is 0 Å². The molecule has 71 valence electrons. The van der Waals surface area contributed by atoms with Crippen LogP contribution in [-0.4, -0.2) is 0 Å². The quantitative estimate of drug-likeness (QED) is 0.607. The fourth-order valence-corrected chi connectivity index (χ4v) is 1.31. The Morgan fingerprint density at radius 3 is 1.85 bits per heavy atom. The molecule has 1 rings (SSSR count). The van der Waals surface area contributed by atoms with Gasteiger partial charge in [0.15, 0.2) is 0 Å². The van der Waals surface area contributed by atoms with Gasteiger partial charge in [-0.2, -0.15) is 0 Å². The van der Waals surface area contributed by atoms with Gasteiger partial charge in [-0.15, -0.1) is 0 Å². The normalized spacial score (nSPS) is 12.2. The van der Waals surface area contributed by atoms with E-state index in [1.165, 1.54) is 11.1 Å². The zero-order valence-electron chi connectivity index (χ0n) is 9.09. The predicted octanol–water partition coefficient (Wildman–Crippen LogP) is 3.92. The first-order valence-corrected chi connectivity index (χ1v) is 4.85. The molecule has 0 heteroatoms. The highest BCUT2D eigenvalue weighted by atomic mass is 14.2. The Morgan fingerprint density at radius 1 is 1.08 bits per heavy atom. The van der Waals surface area contributed by atoms with Crippen LogP contribution >= 0.6 is 0 Å². The molecule has 0 N–H and O–H groups in total. The summed E-state index contributed by atoms with van der Waals surface area (Å²) in [5, 5.41) is 0. The van der Waals surface area contributed by atoms with Crippen molar-refractivity contribution in [1.82, 2.24) is 0 Å². The SMILES string of the molecule is [CH2]C(C)c1ccc(C(C)(C)C)cc1. The van der Waals surface area contributed by atoms with Gasteiger partial charge in [-0.05, 0) is 29.4 Å². The largest absolute Gasteiger partial charge is 0.0585 e. The Kier molecular flexibility index (Phi) is 2.80. The molecule has 0 fully saturated rings. The van der Waals surface area contributed by atoms with Crippen LogP contribution in [0.15, 0.2) is 24.3 Å². The number of rotatable bonds is 1. The second-order valence-corrected chi connectivity index (χ2v) is 4.77. The van der Waals surface area contributed by atoms with E-state index in [1.807, 2.05) is 0 Å². The molecular formula is C13H19. The van der Waals surface area contributed by atoms with Crippen molar-refractivity contribution >= 4 is 0 Å². The minimum atomic E-state index is 0.253. The molecule has 0 aliphatic heterocycles. The first-order chi connectivity index (χ1) is 5.91. The third-order valence-corrected chi connectivity index (χ3v) is 2.35. The Hall–Kier alpha value is -0.780. The molecule has 0 aliphatic rings. The second kappa shape index (κ2) is 3.53. The molecule has 1 aromatic rings. The summed E-state index contributed by atoms with van der Waals surface area (Å²) < 4.78 is 0. The molecule has 1 radical (unpaired) electrons. The van der Waals surface area contributed by atoms with E-state index in [2.05, 4.69) is 58.9 Å². The fourth-order valence-electron chi connectivity index (χ4n) is 1.31. The van der Waals surface area contributed by atoms with E-state index in [-0.39, 0.29) is 5.41 Å². The summed E-state index contributed by atoms with van der Waals surface area (Å²) in [4.78, 5) is 0. The standard InChI is InChI=1S/C13H19/c1-10(2)11-6-8-12(9-7-11)13(3,4)5/h6-10H,1H2,2-5H3. The molecule has 0 aliphatic carbocycles. The van der Waals surface area contributed by atoms with Gasteiger partial charge in [-0.3, -0.25) is 0 Å². The van der Waals surface area contributed by atoms with Crippen molar-refractivity contribution < 1.29 is 0 Å². The highest BCUT2D eigenvalue weighted by Crippen LogP contribution is 2.23. The molecule has 0 heterocycles. The molecule has 0 amide bonds. The van der Waals surface area contributed by atoms with Gasteiger partial charge in [0.05, 0.1) is 0 Å².